The SMILES string of the molecule is CC(C)c1ccc(CCN2CCNCC2c2cccnc2)cc1. The van der Waals surface area contributed by atoms with Crippen LogP contribution in [0.4, 0.5) is 0 Å². The standard InChI is InChI=1S/C20H27N3/c1-16(2)18-7-5-17(6-8-18)9-12-23-13-11-22-15-20(23)19-4-3-10-21-14-19/h3-8,10,14,16,20,22H,9,11-13,15H2,1-2H3. The highest BCUT2D eigenvalue weighted by atomic mass is 15.2. The molecule has 0 radical (unpaired) electrons. The summed E-state index contributed by atoms with van der Waals surface area (Å²) in [6, 6.07) is 13.8. The van der Waals surface area contributed by atoms with Gasteiger partial charge in [-0.1, -0.05) is 44.2 Å². The number of aromatic nitrogens is 1. The van der Waals surface area contributed by atoms with Gasteiger partial charge < -0.3 is 5.32 Å². The van der Waals surface area contributed by atoms with Gasteiger partial charge in [-0.15, -0.1) is 0 Å². The molecular formula is C20H27N3. The molecule has 0 amide bonds. The van der Waals surface area contributed by atoms with Crippen molar-refractivity contribution >= 4 is 0 Å². The summed E-state index contributed by atoms with van der Waals surface area (Å²) in [4.78, 5) is 6.87. The van der Waals surface area contributed by atoms with Crippen LogP contribution < -0.4 is 5.32 Å². The van der Waals surface area contributed by atoms with Crippen LogP contribution in [0.1, 0.15) is 42.5 Å². The Morgan fingerprint density at radius 2 is 2.04 bits per heavy atom. The quantitative estimate of drug-likeness (QED) is 0.917. The number of benzene rings is 1. The van der Waals surface area contributed by atoms with E-state index in [0.29, 0.717) is 12.0 Å². The van der Waals surface area contributed by atoms with Crippen LogP contribution >= 0.6 is 0 Å². The Balaban J connectivity index is 1.63. The summed E-state index contributed by atoms with van der Waals surface area (Å²) in [7, 11) is 0. The minimum atomic E-state index is 0.437. The molecular weight excluding hydrogens is 282 g/mol. The van der Waals surface area contributed by atoms with Gasteiger partial charge in [0.15, 0.2) is 0 Å². The number of rotatable bonds is 5. The Bertz CT molecular complexity index is 592. The first-order valence-electron chi connectivity index (χ1n) is 8.67. The fraction of sp³-hybridized carbons (Fsp3) is 0.450. The lowest BCUT2D eigenvalue weighted by molar-refractivity contribution is 0.164. The van der Waals surface area contributed by atoms with Crippen LogP contribution in [0.3, 0.4) is 0 Å². The summed E-state index contributed by atoms with van der Waals surface area (Å²) >= 11 is 0. The molecule has 2 aromatic rings. The van der Waals surface area contributed by atoms with Crippen LogP contribution in [0.2, 0.25) is 0 Å². The molecule has 1 saturated heterocycles. The third-order valence-electron chi connectivity index (χ3n) is 4.76. The fourth-order valence-corrected chi connectivity index (χ4v) is 3.26. The van der Waals surface area contributed by atoms with Crippen molar-refractivity contribution in [1.82, 2.24) is 15.2 Å². The first-order valence-corrected chi connectivity index (χ1v) is 8.67. The summed E-state index contributed by atoms with van der Waals surface area (Å²) in [5, 5.41) is 3.51. The first kappa shape index (κ1) is 16.2. The zero-order chi connectivity index (χ0) is 16.1. The molecule has 1 N–H and O–H groups in total. The third-order valence-corrected chi connectivity index (χ3v) is 4.76. The maximum Gasteiger partial charge on any atom is 0.0488 e. The Hall–Kier alpha value is -1.71. The fourth-order valence-electron chi connectivity index (χ4n) is 3.26. The molecule has 1 unspecified atom stereocenters. The van der Waals surface area contributed by atoms with Crippen LogP contribution in [-0.4, -0.2) is 36.1 Å². The van der Waals surface area contributed by atoms with Gasteiger partial charge in [0.1, 0.15) is 0 Å². The van der Waals surface area contributed by atoms with Crippen LogP contribution in [0.5, 0.6) is 0 Å². The van der Waals surface area contributed by atoms with Crippen LogP contribution in [-0.2, 0) is 6.42 Å². The van der Waals surface area contributed by atoms with E-state index in [2.05, 4.69) is 59.4 Å². The summed E-state index contributed by atoms with van der Waals surface area (Å²) in [6.07, 6.45) is 4.96. The molecule has 1 aliphatic rings. The third kappa shape index (κ3) is 4.18. The summed E-state index contributed by atoms with van der Waals surface area (Å²) in [6.45, 7) is 8.77. The molecule has 122 valence electrons. The van der Waals surface area contributed by atoms with Crippen molar-refractivity contribution in [2.75, 3.05) is 26.2 Å². The van der Waals surface area contributed by atoms with Gasteiger partial charge >= 0.3 is 0 Å². The van der Waals surface area contributed by atoms with Crippen molar-refractivity contribution < 1.29 is 0 Å². The Morgan fingerprint density at radius 3 is 2.74 bits per heavy atom. The molecule has 1 fully saturated rings. The smallest absolute Gasteiger partial charge is 0.0488 e. The number of pyridine rings is 1. The molecule has 3 heteroatoms. The van der Waals surface area contributed by atoms with Crippen molar-refractivity contribution in [2.24, 2.45) is 0 Å². The molecule has 0 aliphatic carbocycles. The second-order valence-corrected chi connectivity index (χ2v) is 6.69. The second-order valence-electron chi connectivity index (χ2n) is 6.69. The van der Waals surface area contributed by atoms with Gasteiger partial charge in [-0.25, -0.2) is 0 Å². The number of hydrogen-bond acceptors (Lipinski definition) is 3. The second kappa shape index (κ2) is 7.71. The molecule has 0 bridgehead atoms. The molecule has 1 atom stereocenters. The van der Waals surface area contributed by atoms with E-state index in [0.717, 1.165) is 32.6 Å². The predicted molar refractivity (Wildman–Crippen MR) is 95.7 cm³/mol. The monoisotopic (exact) mass is 309 g/mol. The lowest BCUT2D eigenvalue weighted by atomic mass is 10.00. The number of hydrogen-bond donors (Lipinski definition) is 1. The Kier molecular flexibility index (Phi) is 5.42. The number of nitrogens with one attached hydrogen (secondary N) is 1. The summed E-state index contributed by atoms with van der Waals surface area (Å²) in [5.41, 5.74) is 4.16. The van der Waals surface area contributed by atoms with Crippen molar-refractivity contribution in [3.05, 3.63) is 65.5 Å². The Morgan fingerprint density at radius 1 is 1.22 bits per heavy atom. The number of piperazine rings is 1. The zero-order valence-electron chi connectivity index (χ0n) is 14.2. The topological polar surface area (TPSA) is 28.2 Å². The summed E-state index contributed by atoms with van der Waals surface area (Å²) in [5.74, 6) is 0.604. The Labute approximate surface area is 139 Å². The lowest BCUT2D eigenvalue weighted by Crippen LogP contribution is -2.46. The van der Waals surface area contributed by atoms with Gasteiger partial charge in [-0.05, 0) is 35.1 Å². The average Bonchev–Trinajstić information content (AvgIpc) is 2.61. The van der Waals surface area contributed by atoms with E-state index in [4.69, 9.17) is 0 Å². The highest BCUT2D eigenvalue weighted by Crippen LogP contribution is 2.22. The van der Waals surface area contributed by atoms with E-state index in [1.165, 1.54) is 16.7 Å². The van der Waals surface area contributed by atoms with E-state index in [9.17, 15) is 0 Å². The maximum absolute atomic E-state index is 4.28. The lowest BCUT2D eigenvalue weighted by Gasteiger charge is -2.36. The molecule has 1 aromatic carbocycles. The van der Waals surface area contributed by atoms with E-state index < -0.39 is 0 Å². The first-order chi connectivity index (χ1) is 11.2. The van der Waals surface area contributed by atoms with Gasteiger partial charge in [-0.3, -0.25) is 9.88 Å². The van der Waals surface area contributed by atoms with Gasteiger partial charge in [0.05, 0.1) is 0 Å². The normalized spacial score (nSPS) is 19.2. The molecule has 0 spiro atoms. The predicted octanol–water partition coefficient (Wildman–Crippen LogP) is 3.39. The van der Waals surface area contributed by atoms with Crippen LogP contribution in [0, 0.1) is 0 Å². The van der Waals surface area contributed by atoms with Gasteiger partial charge in [-0.2, -0.15) is 0 Å². The van der Waals surface area contributed by atoms with Gasteiger partial charge in [0, 0.05) is 44.6 Å². The zero-order valence-corrected chi connectivity index (χ0v) is 14.2. The molecule has 0 saturated carbocycles. The highest BCUT2D eigenvalue weighted by Gasteiger charge is 2.23. The molecule has 1 aliphatic heterocycles. The van der Waals surface area contributed by atoms with Gasteiger partial charge in [0.2, 0.25) is 0 Å². The average molecular weight is 309 g/mol. The summed E-state index contributed by atoms with van der Waals surface area (Å²) < 4.78 is 0. The minimum Gasteiger partial charge on any atom is -0.314 e. The van der Waals surface area contributed by atoms with Crippen molar-refractivity contribution in [3.63, 3.8) is 0 Å². The molecule has 1 aromatic heterocycles. The number of nitrogens with zero attached hydrogens (tertiary/aromatic N) is 2. The largest absolute Gasteiger partial charge is 0.314 e. The highest BCUT2D eigenvalue weighted by molar-refractivity contribution is 5.25. The van der Waals surface area contributed by atoms with Crippen LogP contribution in [0.15, 0.2) is 48.8 Å². The van der Waals surface area contributed by atoms with E-state index >= 15 is 0 Å². The van der Waals surface area contributed by atoms with Gasteiger partial charge in [0.25, 0.3) is 0 Å². The maximum atomic E-state index is 4.28. The van der Waals surface area contributed by atoms with Crippen molar-refractivity contribution in [1.29, 1.82) is 0 Å². The minimum absolute atomic E-state index is 0.437. The molecule has 2 heterocycles. The van der Waals surface area contributed by atoms with Crippen LogP contribution in [0.25, 0.3) is 0 Å². The molecule has 23 heavy (non-hydrogen) atoms. The van der Waals surface area contributed by atoms with E-state index in [1.54, 1.807) is 0 Å². The van der Waals surface area contributed by atoms with E-state index in [-0.39, 0.29) is 0 Å². The molecule has 3 rings (SSSR count). The van der Waals surface area contributed by atoms with E-state index in [1.807, 2.05) is 18.5 Å². The van der Waals surface area contributed by atoms with Crippen molar-refractivity contribution in [3.8, 4) is 0 Å². The molecule has 3 nitrogen and oxygen atoms in total. The van der Waals surface area contributed by atoms with Crippen molar-refractivity contribution in [2.45, 2.75) is 32.2 Å².